The molecular formula is C14H18N4O2. The van der Waals surface area contributed by atoms with Gasteiger partial charge in [-0.3, -0.25) is 10.1 Å². The topological polar surface area (TPSA) is 73.0 Å². The Morgan fingerprint density at radius 1 is 1.45 bits per heavy atom. The number of aromatic nitrogens is 2. The van der Waals surface area contributed by atoms with E-state index in [0.29, 0.717) is 12.1 Å². The average molecular weight is 274 g/mol. The number of aryl methyl sites for hydroxylation is 2. The number of nitro benzene ring substituents is 1. The van der Waals surface area contributed by atoms with E-state index in [9.17, 15) is 10.1 Å². The third-order valence-corrected chi connectivity index (χ3v) is 3.25. The van der Waals surface area contributed by atoms with Crippen LogP contribution in [0.5, 0.6) is 0 Å². The van der Waals surface area contributed by atoms with Gasteiger partial charge >= 0.3 is 0 Å². The molecule has 106 valence electrons. The summed E-state index contributed by atoms with van der Waals surface area (Å²) in [6.45, 7) is 3.15. The van der Waals surface area contributed by atoms with Crippen molar-refractivity contribution in [1.82, 2.24) is 14.9 Å². The fourth-order valence-electron chi connectivity index (χ4n) is 2.03. The Bertz CT molecular complexity index is 607. The summed E-state index contributed by atoms with van der Waals surface area (Å²) in [4.78, 5) is 14.8. The molecule has 0 unspecified atom stereocenters. The van der Waals surface area contributed by atoms with Crippen LogP contribution in [0.1, 0.15) is 17.0 Å². The summed E-state index contributed by atoms with van der Waals surface area (Å²) < 4.78 is 1.98. The smallest absolute Gasteiger partial charge is 0.272 e. The quantitative estimate of drug-likeness (QED) is 0.496. The molecule has 0 saturated heterocycles. The van der Waals surface area contributed by atoms with Crippen molar-refractivity contribution in [3.63, 3.8) is 0 Å². The fourth-order valence-corrected chi connectivity index (χ4v) is 2.03. The molecule has 0 fully saturated rings. The van der Waals surface area contributed by atoms with E-state index in [1.165, 1.54) is 0 Å². The van der Waals surface area contributed by atoms with Gasteiger partial charge in [0.25, 0.3) is 5.69 Å². The molecule has 6 nitrogen and oxygen atoms in total. The second-order valence-corrected chi connectivity index (χ2v) is 4.76. The van der Waals surface area contributed by atoms with E-state index in [4.69, 9.17) is 0 Å². The van der Waals surface area contributed by atoms with Gasteiger partial charge in [0, 0.05) is 50.6 Å². The Kier molecular flexibility index (Phi) is 4.47. The third kappa shape index (κ3) is 3.42. The lowest BCUT2D eigenvalue weighted by Gasteiger charge is -2.06. The van der Waals surface area contributed by atoms with E-state index in [0.717, 1.165) is 24.4 Å². The minimum Gasteiger partial charge on any atom is -0.338 e. The lowest BCUT2D eigenvalue weighted by Crippen LogP contribution is -2.18. The van der Waals surface area contributed by atoms with E-state index >= 15 is 0 Å². The van der Waals surface area contributed by atoms with Crippen molar-refractivity contribution in [2.75, 3.05) is 6.54 Å². The number of rotatable bonds is 6. The van der Waals surface area contributed by atoms with Gasteiger partial charge in [0.15, 0.2) is 0 Å². The van der Waals surface area contributed by atoms with Gasteiger partial charge in [-0.05, 0) is 12.5 Å². The lowest BCUT2D eigenvalue weighted by atomic mass is 10.1. The van der Waals surface area contributed by atoms with Gasteiger partial charge in [-0.2, -0.15) is 0 Å². The van der Waals surface area contributed by atoms with Gasteiger partial charge in [-0.1, -0.05) is 12.1 Å². The summed E-state index contributed by atoms with van der Waals surface area (Å²) in [5, 5.41) is 14.1. The zero-order valence-corrected chi connectivity index (χ0v) is 11.7. The number of imidazole rings is 1. The summed E-state index contributed by atoms with van der Waals surface area (Å²) in [5.74, 6) is 1.02. The predicted octanol–water partition coefficient (Wildman–Crippen LogP) is 1.97. The van der Waals surface area contributed by atoms with Gasteiger partial charge in [0.2, 0.25) is 0 Å². The first-order valence-electron chi connectivity index (χ1n) is 6.49. The summed E-state index contributed by atoms with van der Waals surface area (Å²) in [7, 11) is 1.96. The molecule has 0 spiro atoms. The molecule has 1 aromatic carbocycles. The number of nitrogens with zero attached hydrogens (tertiary/aromatic N) is 3. The summed E-state index contributed by atoms with van der Waals surface area (Å²) in [6.07, 6.45) is 4.52. The number of nitro groups is 1. The van der Waals surface area contributed by atoms with Crippen LogP contribution in [0.4, 0.5) is 5.69 Å². The van der Waals surface area contributed by atoms with Crippen molar-refractivity contribution in [2.45, 2.75) is 19.9 Å². The molecule has 6 heteroatoms. The molecule has 2 rings (SSSR count). The SMILES string of the molecule is Cc1ccc(CNCCc2nccn2C)cc1[N+](=O)[O-]. The molecule has 1 aromatic heterocycles. The normalized spacial score (nSPS) is 10.7. The Morgan fingerprint density at radius 3 is 2.90 bits per heavy atom. The standard InChI is InChI=1S/C14H18N4O2/c1-11-3-4-12(9-13(11)18(19)20)10-15-6-5-14-16-7-8-17(14)2/h3-4,7-9,15H,5-6,10H2,1-2H3. The van der Waals surface area contributed by atoms with Crippen molar-refractivity contribution in [3.05, 3.63) is 57.7 Å². The summed E-state index contributed by atoms with van der Waals surface area (Å²) in [6, 6.07) is 5.33. The minimum atomic E-state index is -0.341. The van der Waals surface area contributed by atoms with Crippen LogP contribution < -0.4 is 5.32 Å². The molecule has 0 aliphatic carbocycles. The van der Waals surface area contributed by atoms with Crippen LogP contribution in [0.25, 0.3) is 0 Å². The molecule has 1 N–H and O–H groups in total. The van der Waals surface area contributed by atoms with E-state index in [1.54, 1.807) is 25.3 Å². The highest BCUT2D eigenvalue weighted by Gasteiger charge is 2.10. The molecule has 0 bridgehead atoms. The molecule has 20 heavy (non-hydrogen) atoms. The lowest BCUT2D eigenvalue weighted by molar-refractivity contribution is -0.385. The van der Waals surface area contributed by atoms with Crippen LogP contribution in [0.3, 0.4) is 0 Å². The largest absolute Gasteiger partial charge is 0.338 e. The number of hydrogen-bond donors (Lipinski definition) is 1. The number of nitrogens with one attached hydrogen (secondary N) is 1. The zero-order chi connectivity index (χ0) is 14.5. The molecule has 0 atom stereocenters. The number of benzene rings is 1. The predicted molar refractivity (Wildman–Crippen MR) is 76.5 cm³/mol. The molecular weight excluding hydrogens is 256 g/mol. The zero-order valence-electron chi connectivity index (χ0n) is 11.7. The molecule has 0 saturated carbocycles. The maximum Gasteiger partial charge on any atom is 0.272 e. The Labute approximate surface area is 117 Å². The van der Waals surface area contributed by atoms with Gasteiger partial charge in [0.1, 0.15) is 5.82 Å². The summed E-state index contributed by atoms with van der Waals surface area (Å²) >= 11 is 0. The maximum atomic E-state index is 10.9. The van der Waals surface area contributed by atoms with Gasteiger partial charge in [-0.15, -0.1) is 0 Å². The van der Waals surface area contributed by atoms with Gasteiger partial charge in [-0.25, -0.2) is 4.98 Å². The van der Waals surface area contributed by atoms with Crippen LogP contribution >= 0.6 is 0 Å². The van der Waals surface area contributed by atoms with E-state index in [-0.39, 0.29) is 10.6 Å². The molecule has 0 aliphatic rings. The monoisotopic (exact) mass is 274 g/mol. The van der Waals surface area contributed by atoms with Crippen molar-refractivity contribution in [2.24, 2.45) is 7.05 Å². The minimum absolute atomic E-state index is 0.174. The van der Waals surface area contributed by atoms with Gasteiger partial charge in [0.05, 0.1) is 4.92 Å². The third-order valence-electron chi connectivity index (χ3n) is 3.25. The van der Waals surface area contributed by atoms with E-state index in [1.807, 2.05) is 23.9 Å². The van der Waals surface area contributed by atoms with Gasteiger partial charge < -0.3 is 9.88 Å². The Hall–Kier alpha value is -2.21. The second kappa shape index (κ2) is 6.29. The molecule has 0 amide bonds. The van der Waals surface area contributed by atoms with Crippen LogP contribution in [0.15, 0.2) is 30.6 Å². The maximum absolute atomic E-state index is 10.9. The second-order valence-electron chi connectivity index (χ2n) is 4.76. The number of hydrogen-bond acceptors (Lipinski definition) is 4. The van der Waals surface area contributed by atoms with E-state index in [2.05, 4.69) is 10.3 Å². The van der Waals surface area contributed by atoms with Crippen molar-refractivity contribution < 1.29 is 4.92 Å². The molecule has 0 aliphatic heterocycles. The molecule has 1 heterocycles. The summed E-state index contributed by atoms with van der Waals surface area (Å²) in [5.41, 5.74) is 1.78. The van der Waals surface area contributed by atoms with Crippen molar-refractivity contribution in [3.8, 4) is 0 Å². The first-order chi connectivity index (χ1) is 9.58. The molecule has 2 aromatic rings. The van der Waals surface area contributed by atoms with Crippen molar-refractivity contribution in [1.29, 1.82) is 0 Å². The highest BCUT2D eigenvalue weighted by Crippen LogP contribution is 2.18. The van der Waals surface area contributed by atoms with Crippen LogP contribution in [0, 0.1) is 17.0 Å². The van der Waals surface area contributed by atoms with E-state index < -0.39 is 0 Å². The van der Waals surface area contributed by atoms with Crippen LogP contribution in [0.2, 0.25) is 0 Å². The highest BCUT2D eigenvalue weighted by molar-refractivity contribution is 5.42. The fraction of sp³-hybridized carbons (Fsp3) is 0.357. The Balaban J connectivity index is 1.87. The first-order valence-corrected chi connectivity index (χ1v) is 6.49. The van der Waals surface area contributed by atoms with Crippen LogP contribution in [-0.4, -0.2) is 21.0 Å². The van der Waals surface area contributed by atoms with Crippen LogP contribution in [-0.2, 0) is 20.0 Å². The highest BCUT2D eigenvalue weighted by atomic mass is 16.6. The first kappa shape index (κ1) is 14.2. The average Bonchev–Trinajstić information content (AvgIpc) is 2.82. The van der Waals surface area contributed by atoms with Crippen molar-refractivity contribution >= 4 is 5.69 Å². The molecule has 0 radical (unpaired) electrons. The Morgan fingerprint density at radius 2 is 2.25 bits per heavy atom.